The standard InChI is InChI=1S/C16H24N2O2S/c1-3-10-17-13-15-8-7-9-16(14(15)2)21(19,20)18-11-5-4-6-12-18/h4-5,7-9,17H,3,6,10-13H2,1-2H3. The summed E-state index contributed by atoms with van der Waals surface area (Å²) in [5.74, 6) is 0. The minimum atomic E-state index is -3.39. The second kappa shape index (κ2) is 7.20. The van der Waals surface area contributed by atoms with Crippen LogP contribution in [-0.2, 0) is 16.6 Å². The number of nitrogens with zero attached hydrogens (tertiary/aromatic N) is 1. The molecule has 1 heterocycles. The molecule has 0 amide bonds. The van der Waals surface area contributed by atoms with E-state index in [0.29, 0.717) is 24.5 Å². The van der Waals surface area contributed by atoms with Gasteiger partial charge in [0.05, 0.1) is 4.90 Å². The molecule has 0 spiro atoms. The first-order chi connectivity index (χ1) is 10.1. The van der Waals surface area contributed by atoms with Gasteiger partial charge in [-0.15, -0.1) is 0 Å². The van der Waals surface area contributed by atoms with Crippen LogP contribution in [0.1, 0.15) is 30.9 Å². The summed E-state index contributed by atoms with van der Waals surface area (Å²) in [4.78, 5) is 0.439. The van der Waals surface area contributed by atoms with Crippen LogP contribution >= 0.6 is 0 Å². The highest BCUT2D eigenvalue weighted by atomic mass is 32.2. The van der Waals surface area contributed by atoms with E-state index >= 15 is 0 Å². The molecular formula is C16H24N2O2S. The molecule has 0 radical (unpaired) electrons. The lowest BCUT2D eigenvalue weighted by Crippen LogP contribution is -2.34. The molecule has 1 aromatic carbocycles. The van der Waals surface area contributed by atoms with Crippen molar-refractivity contribution in [2.24, 2.45) is 0 Å². The van der Waals surface area contributed by atoms with E-state index in [4.69, 9.17) is 0 Å². The Morgan fingerprint density at radius 1 is 1.29 bits per heavy atom. The highest BCUT2D eigenvalue weighted by Gasteiger charge is 2.26. The summed E-state index contributed by atoms with van der Waals surface area (Å²) in [6.07, 6.45) is 5.81. The maximum absolute atomic E-state index is 12.8. The molecule has 0 aromatic heterocycles. The molecule has 1 aromatic rings. The number of rotatable bonds is 6. The van der Waals surface area contributed by atoms with Gasteiger partial charge in [0.2, 0.25) is 10.0 Å². The van der Waals surface area contributed by atoms with Gasteiger partial charge in [-0.05, 0) is 43.5 Å². The summed E-state index contributed by atoms with van der Waals surface area (Å²) in [6, 6.07) is 5.54. The monoisotopic (exact) mass is 308 g/mol. The second-order valence-corrected chi connectivity index (χ2v) is 7.25. The van der Waals surface area contributed by atoms with Crippen molar-refractivity contribution in [1.29, 1.82) is 0 Å². The topological polar surface area (TPSA) is 49.4 Å². The third kappa shape index (κ3) is 3.73. The Balaban J connectivity index is 2.26. The van der Waals surface area contributed by atoms with Crippen molar-refractivity contribution in [3.05, 3.63) is 41.5 Å². The predicted octanol–water partition coefficient (Wildman–Crippen LogP) is 2.45. The van der Waals surface area contributed by atoms with Crippen LogP contribution in [0.15, 0.2) is 35.2 Å². The third-order valence-electron chi connectivity index (χ3n) is 3.78. The molecule has 1 aliphatic rings. The predicted molar refractivity (Wildman–Crippen MR) is 85.7 cm³/mol. The van der Waals surface area contributed by atoms with Gasteiger partial charge in [-0.3, -0.25) is 0 Å². The molecule has 21 heavy (non-hydrogen) atoms. The highest BCUT2D eigenvalue weighted by molar-refractivity contribution is 7.89. The van der Waals surface area contributed by atoms with Gasteiger partial charge in [0.15, 0.2) is 0 Å². The number of hydrogen-bond acceptors (Lipinski definition) is 3. The average Bonchev–Trinajstić information content (AvgIpc) is 2.50. The molecule has 0 bridgehead atoms. The van der Waals surface area contributed by atoms with Crippen molar-refractivity contribution >= 4 is 10.0 Å². The summed E-state index contributed by atoms with van der Waals surface area (Å²) in [5.41, 5.74) is 1.91. The zero-order valence-electron chi connectivity index (χ0n) is 12.8. The van der Waals surface area contributed by atoms with Crippen molar-refractivity contribution < 1.29 is 8.42 Å². The largest absolute Gasteiger partial charge is 0.313 e. The van der Waals surface area contributed by atoms with Gasteiger partial charge in [0.25, 0.3) is 0 Å². The van der Waals surface area contributed by atoms with Gasteiger partial charge in [-0.25, -0.2) is 8.42 Å². The van der Waals surface area contributed by atoms with Crippen molar-refractivity contribution in [2.45, 2.75) is 38.1 Å². The first kappa shape index (κ1) is 16.2. The average molecular weight is 308 g/mol. The Bertz CT molecular complexity index is 609. The summed E-state index contributed by atoms with van der Waals surface area (Å²) in [5, 5.41) is 3.33. The summed E-state index contributed by atoms with van der Waals surface area (Å²) in [6.45, 7) is 6.70. The van der Waals surface area contributed by atoms with Gasteiger partial charge in [-0.2, -0.15) is 4.31 Å². The van der Waals surface area contributed by atoms with Crippen LogP contribution in [0, 0.1) is 6.92 Å². The van der Waals surface area contributed by atoms with Gasteiger partial charge in [-0.1, -0.05) is 31.2 Å². The van der Waals surface area contributed by atoms with E-state index in [1.807, 2.05) is 31.2 Å². The molecule has 0 aliphatic carbocycles. The highest BCUT2D eigenvalue weighted by Crippen LogP contribution is 2.23. The fourth-order valence-corrected chi connectivity index (χ4v) is 4.18. The van der Waals surface area contributed by atoms with Crippen molar-refractivity contribution in [2.75, 3.05) is 19.6 Å². The molecule has 5 heteroatoms. The van der Waals surface area contributed by atoms with E-state index in [-0.39, 0.29) is 0 Å². The molecule has 0 fully saturated rings. The first-order valence-corrected chi connectivity index (χ1v) is 8.95. The van der Waals surface area contributed by atoms with Crippen LogP contribution in [0.3, 0.4) is 0 Å². The number of hydrogen-bond donors (Lipinski definition) is 1. The summed E-state index contributed by atoms with van der Waals surface area (Å²) in [7, 11) is -3.39. The van der Waals surface area contributed by atoms with Gasteiger partial charge < -0.3 is 5.32 Å². The smallest absolute Gasteiger partial charge is 0.243 e. The fourth-order valence-electron chi connectivity index (χ4n) is 2.51. The number of benzene rings is 1. The van der Waals surface area contributed by atoms with Gasteiger partial charge in [0.1, 0.15) is 0 Å². The van der Waals surface area contributed by atoms with Crippen LogP contribution in [0.4, 0.5) is 0 Å². The lowest BCUT2D eigenvalue weighted by molar-refractivity contribution is 0.437. The van der Waals surface area contributed by atoms with E-state index in [2.05, 4.69) is 12.2 Å². The Morgan fingerprint density at radius 2 is 2.10 bits per heavy atom. The van der Waals surface area contributed by atoms with Crippen LogP contribution in [-0.4, -0.2) is 32.4 Å². The molecule has 0 unspecified atom stereocenters. The normalized spacial score (nSPS) is 16.3. The lowest BCUT2D eigenvalue weighted by Gasteiger charge is -2.24. The number of sulfonamides is 1. The maximum atomic E-state index is 12.8. The van der Waals surface area contributed by atoms with Crippen molar-refractivity contribution in [3.8, 4) is 0 Å². The van der Waals surface area contributed by atoms with Crippen LogP contribution in [0.25, 0.3) is 0 Å². The van der Waals surface area contributed by atoms with E-state index in [0.717, 1.165) is 30.5 Å². The molecule has 0 saturated carbocycles. The summed E-state index contributed by atoms with van der Waals surface area (Å²) < 4.78 is 27.1. The van der Waals surface area contributed by atoms with E-state index < -0.39 is 10.0 Å². The quantitative estimate of drug-likeness (QED) is 0.649. The Labute approximate surface area is 127 Å². The molecule has 116 valence electrons. The van der Waals surface area contributed by atoms with Crippen LogP contribution in [0.2, 0.25) is 0 Å². The zero-order chi connectivity index (χ0) is 15.3. The van der Waals surface area contributed by atoms with Crippen molar-refractivity contribution in [1.82, 2.24) is 9.62 Å². The Kier molecular flexibility index (Phi) is 5.56. The fraction of sp³-hybridized carbons (Fsp3) is 0.500. The SMILES string of the molecule is CCCNCc1cccc(S(=O)(=O)N2CC=CCC2)c1C. The first-order valence-electron chi connectivity index (χ1n) is 7.51. The maximum Gasteiger partial charge on any atom is 0.243 e. The van der Waals surface area contributed by atoms with E-state index in [1.54, 1.807) is 10.4 Å². The minimum Gasteiger partial charge on any atom is -0.313 e. The molecule has 1 aliphatic heterocycles. The van der Waals surface area contributed by atoms with E-state index in [1.165, 1.54) is 0 Å². The summed E-state index contributed by atoms with van der Waals surface area (Å²) >= 11 is 0. The van der Waals surface area contributed by atoms with Crippen LogP contribution in [0.5, 0.6) is 0 Å². The third-order valence-corrected chi connectivity index (χ3v) is 5.79. The van der Waals surface area contributed by atoms with Crippen molar-refractivity contribution in [3.63, 3.8) is 0 Å². The van der Waals surface area contributed by atoms with Gasteiger partial charge in [0, 0.05) is 19.6 Å². The molecular weight excluding hydrogens is 284 g/mol. The lowest BCUT2D eigenvalue weighted by atomic mass is 10.1. The molecule has 0 atom stereocenters. The van der Waals surface area contributed by atoms with Gasteiger partial charge >= 0.3 is 0 Å². The molecule has 1 N–H and O–H groups in total. The Morgan fingerprint density at radius 3 is 2.76 bits per heavy atom. The second-order valence-electron chi connectivity index (χ2n) is 5.34. The van der Waals surface area contributed by atoms with E-state index in [9.17, 15) is 8.42 Å². The number of nitrogens with one attached hydrogen (secondary N) is 1. The molecule has 2 rings (SSSR count). The zero-order valence-corrected chi connectivity index (χ0v) is 13.6. The minimum absolute atomic E-state index is 0.439. The molecule has 0 saturated heterocycles. The van der Waals surface area contributed by atoms with Crippen LogP contribution < -0.4 is 5.32 Å². The molecule has 4 nitrogen and oxygen atoms in total. The Hall–Kier alpha value is -1.17.